The van der Waals surface area contributed by atoms with Crippen LogP contribution in [0.1, 0.15) is 31.2 Å². The molecule has 2 atom stereocenters. The van der Waals surface area contributed by atoms with Crippen LogP contribution in [0, 0.1) is 0 Å². The number of nitrogens with zero attached hydrogens (tertiary/aromatic N) is 1. The van der Waals surface area contributed by atoms with Gasteiger partial charge in [-0.1, -0.05) is 30.4 Å². The second kappa shape index (κ2) is 3.48. The zero-order chi connectivity index (χ0) is 11.1. The maximum atomic E-state index is 11.8. The van der Waals surface area contributed by atoms with Gasteiger partial charge in [-0.3, -0.25) is 4.79 Å². The highest BCUT2D eigenvalue weighted by Crippen LogP contribution is 2.45. The van der Waals surface area contributed by atoms with Crippen molar-refractivity contribution in [1.82, 2.24) is 0 Å². The van der Waals surface area contributed by atoms with Crippen LogP contribution >= 0.6 is 0 Å². The molecule has 0 fully saturated rings. The highest BCUT2D eigenvalue weighted by molar-refractivity contribution is 5.95. The third kappa shape index (κ3) is 1.22. The average molecular weight is 213 g/mol. The van der Waals surface area contributed by atoms with E-state index in [4.69, 9.17) is 0 Å². The van der Waals surface area contributed by atoms with Crippen LogP contribution in [0.25, 0.3) is 0 Å². The van der Waals surface area contributed by atoms with E-state index in [9.17, 15) is 4.79 Å². The monoisotopic (exact) mass is 213 g/mol. The van der Waals surface area contributed by atoms with Crippen molar-refractivity contribution < 1.29 is 4.79 Å². The number of hydrogen-bond donors (Lipinski definition) is 0. The Labute approximate surface area is 95.6 Å². The van der Waals surface area contributed by atoms with E-state index in [1.165, 1.54) is 5.56 Å². The van der Waals surface area contributed by atoms with Gasteiger partial charge in [-0.05, 0) is 24.5 Å². The number of benzene rings is 1. The van der Waals surface area contributed by atoms with Crippen LogP contribution in [0.2, 0.25) is 0 Å². The third-order valence-corrected chi connectivity index (χ3v) is 3.61. The first-order valence-electron chi connectivity index (χ1n) is 5.84. The Hall–Kier alpha value is -1.57. The van der Waals surface area contributed by atoms with E-state index in [0.717, 1.165) is 18.5 Å². The first-order valence-corrected chi connectivity index (χ1v) is 5.84. The number of amides is 1. The van der Waals surface area contributed by atoms with E-state index in [2.05, 4.69) is 30.4 Å². The van der Waals surface area contributed by atoms with E-state index in [0.29, 0.717) is 12.0 Å². The van der Waals surface area contributed by atoms with Gasteiger partial charge in [0.15, 0.2) is 0 Å². The molecular weight excluding hydrogens is 198 g/mol. The van der Waals surface area contributed by atoms with Crippen LogP contribution in [0.4, 0.5) is 5.69 Å². The van der Waals surface area contributed by atoms with Gasteiger partial charge in [0.25, 0.3) is 0 Å². The summed E-state index contributed by atoms with van der Waals surface area (Å²) in [5.74, 6) is 0.573. The Bertz CT molecular complexity index is 464. The molecule has 0 bridgehead atoms. The molecule has 1 heterocycles. The zero-order valence-corrected chi connectivity index (χ0v) is 9.39. The summed E-state index contributed by atoms with van der Waals surface area (Å²) < 4.78 is 0. The van der Waals surface area contributed by atoms with Gasteiger partial charge < -0.3 is 4.90 Å². The second-order valence-corrected chi connectivity index (χ2v) is 4.55. The van der Waals surface area contributed by atoms with Crippen molar-refractivity contribution in [3.05, 3.63) is 42.0 Å². The van der Waals surface area contributed by atoms with Gasteiger partial charge in [-0.2, -0.15) is 0 Å². The highest BCUT2D eigenvalue weighted by Gasteiger charge is 2.39. The minimum absolute atomic E-state index is 0.162. The molecule has 1 amide bonds. The molecule has 1 aromatic carbocycles. The van der Waals surface area contributed by atoms with Crippen molar-refractivity contribution >= 4 is 11.6 Å². The van der Waals surface area contributed by atoms with Crippen LogP contribution in [-0.4, -0.2) is 11.9 Å². The quantitative estimate of drug-likeness (QED) is 0.607. The van der Waals surface area contributed by atoms with E-state index >= 15 is 0 Å². The molecule has 0 saturated heterocycles. The molecule has 3 rings (SSSR count). The highest BCUT2D eigenvalue weighted by atomic mass is 16.2. The van der Waals surface area contributed by atoms with Crippen molar-refractivity contribution in [1.29, 1.82) is 0 Å². The molecule has 2 unspecified atom stereocenters. The van der Waals surface area contributed by atoms with Crippen molar-refractivity contribution in [2.24, 2.45) is 0 Å². The lowest BCUT2D eigenvalue weighted by Crippen LogP contribution is -2.38. The van der Waals surface area contributed by atoms with Crippen molar-refractivity contribution in [3.63, 3.8) is 0 Å². The Balaban J connectivity index is 2.15. The maximum absolute atomic E-state index is 11.8. The van der Waals surface area contributed by atoms with Gasteiger partial charge in [-0.15, -0.1) is 0 Å². The summed E-state index contributed by atoms with van der Waals surface area (Å²) in [5.41, 5.74) is 2.41. The SMILES string of the molecule is CC(=O)N1c2ccccc2C2C=CCCC21. The first-order chi connectivity index (χ1) is 7.79. The van der Waals surface area contributed by atoms with Crippen LogP contribution < -0.4 is 4.90 Å². The molecule has 1 aromatic rings. The molecule has 0 spiro atoms. The summed E-state index contributed by atoms with van der Waals surface area (Å²) in [6, 6.07) is 8.62. The summed E-state index contributed by atoms with van der Waals surface area (Å²) in [5, 5.41) is 0. The molecular formula is C14H15NO. The summed E-state index contributed by atoms with van der Waals surface area (Å²) in [6.07, 6.45) is 6.66. The molecule has 0 saturated carbocycles. The van der Waals surface area contributed by atoms with E-state index in [1.807, 2.05) is 11.0 Å². The Morgan fingerprint density at radius 3 is 3.00 bits per heavy atom. The number of hydrogen-bond acceptors (Lipinski definition) is 1. The molecule has 0 N–H and O–H groups in total. The first kappa shape index (κ1) is 9.64. The minimum atomic E-state index is 0.162. The largest absolute Gasteiger partial charge is 0.308 e. The topological polar surface area (TPSA) is 20.3 Å². The molecule has 1 aliphatic heterocycles. The smallest absolute Gasteiger partial charge is 0.224 e. The van der Waals surface area contributed by atoms with Gasteiger partial charge in [-0.25, -0.2) is 0 Å². The molecule has 16 heavy (non-hydrogen) atoms. The predicted octanol–water partition coefficient (Wildman–Crippen LogP) is 2.86. The molecule has 0 aromatic heterocycles. The number of rotatable bonds is 0. The molecule has 82 valence electrons. The molecule has 2 aliphatic rings. The fourth-order valence-electron chi connectivity index (χ4n) is 2.99. The lowest BCUT2D eigenvalue weighted by molar-refractivity contribution is -0.117. The number of carbonyl (C=O) groups is 1. The van der Waals surface area contributed by atoms with E-state index in [1.54, 1.807) is 6.92 Å². The van der Waals surface area contributed by atoms with E-state index < -0.39 is 0 Å². The number of carbonyl (C=O) groups excluding carboxylic acids is 1. The van der Waals surface area contributed by atoms with Crippen molar-refractivity contribution in [2.75, 3.05) is 4.90 Å². The summed E-state index contributed by atoms with van der Waals surface area (Å²) in [4.78, 5) is 13.7. The third-order valence-electron chi connectivity index (χ3n) is 3.61. The zero-order valence-electron chi connectivity index (χ0n) is 9.39. The summed E-state index contributed by atoms with van der Waals surface area (Å²) in [7, 11) is 0. The molecule has 1 aliphatic carbocycles. The average Bonchev–Trinajstić information content (AvgIpc) is 2.63. The number of allylic oxidation sites excluding steroid dienone is 1. The van der Waals surface area contributed by atoms with Gasteiger partial charge in [0.1, 0.15) is 0 Å². The summed E-state index contributed by atoms with van der Waals surface area (Å²) in [6.45, 7) is 1.66. The lowest BCUT2D eigenvalue weighted by atomic mass is 9.88. The number of anilines is 1. The lowest BCUT2D eigenvalue weighted by Gasteiger charge is -2.28. The molecule has 0 radical (unpaired) electrons. The normalized spacial score (nSPS) is 26.4. The van der Waals surface area contributed by atoms with Crippen molar-refractivity contribution in [3.8, 4) is 0 Å². The Morgan fingerprint density at radius 1 is 1.38 bits per heavy atom. The van der Waals surface area contributed by atoms with Crippen LogP contribution in [0.3, 0.4) is 0 Å². The molecule has 2 nitrogen and oxygen atoms in total. The van der Waals surface area contributed by atoms with E-state index in [-0.39, 0.29) is 5.91 Å². The Kier molecular flexibility index (Phi) is 2.10. The van der Waals surface area contributed by atoms with Gasteiger partial charge in [0.05, 0.1) is 0 Å². The fraction of sp³-hybridized carbons (Fsp3) is 0.357. The summed E-state index contributed by atoms with van der Waals surface area (Å²) >= 11 is 0. The Morgan fingerprint density at radius 2 is 2.19 bits per heavy atom. The van der Waals surface area contributed by atoms with Gasteiger partial charge >= 0.3 is 0 Å². The van der Waals surface area contributed by atoms with Crippen LogP contribution in [0.15, 0.2) is 36.4 Å². The number of para-hydroxylation sites is 1. The minimum Gasteiger partial charge on any atom is -0.308 e. The van der Waals surface area contributed by atoms with Gasteiger partial charge in [0.2, 0.25) is 5.91 Å². The predicted molar refractivity (Wildman–Crippen MR) is 64.5 cm³/mol. The number of fused-ring (bicyclic) bond motifs is 3. The van der Waals surface area contributed by atoms with Crippen LogP contribution in [-0.2, 0) is 4.79 Å². The van der Waals surface area contributed by atoms with Gasteiger partial charge in [0, 0.05) is 24.6 Å². The standard InChI is InChI=1S/C14H15NO/c1-10(16)15-13-8-4-2-6-11(13)12-7-3-5-9-14(12)15/h2-4,6-8,12,14H,5,9H2,1H3. The fourth-order valence-corrected chi connectivity index (χ4v) is 2.99. The second-order valence-electron chi connectivity index (χ2n) is 4.55. The maximum Gasteiger partial charge on any atom is 0.224 e. The van der Waals surface area contributed by atoms with Crippen LogP contribution in [0.5, 0.6) is 0 Å². The van der Waals surface area contributed by atoms with Crippen molar-refractivity contribution in [2.45, 2.75) is 31.7 Å². The molecule has 2 heteroatoms.